The molecule has 0 aromatic carbocycles. The molecule has 0 atom stereocenters. The lowest BCUT2D eigenvalue weighted by Crippen LogP contribution is -2.55. The summed E-state index contributed by atoms with van der Waals surface area (Å²) in [4.78, 5) is 17.0. The molecule has 4 nitrogen and oxygen atoms in total. The van der Waals surface area contributed by atoms with E-state index in [0.717, 1.165) is 38.5 Å². The van der Waals surface area contributed by atoms with Crippen molar-refractivity contribution in [3.8, 4) is 0 Å². The van der Waals surface area contributed by atoms with Gasteiger partial charge in [-0.1, -0.05) is 32.1 Å². The first-order valence-corrected chi connectivity index (χ1v) is 8.93. The van der Waals surface area contributed by atoms with Crippen LogP contribution in [0.1, 0.15) is 57.8 Å². The van der Waals surface area contributed by atoms with Gasteiger partial charge in [0.2, 0.25) is 5.91 Å². The number of likely N-dealkylation sites (N-methyl/N-ethyl adjacent to an activating group) is 1. The van der Waals surface area contributed by atoms with Crippen LogP contribution in [0.5, 0.6) is 0 Å². The zero-order valence-corrected chi connectivity index (χ0v) is 13.6. The Morgan fingerprint density at radius 3 is 2.29 bits per heavy atom. The number of hydrogen-bond acceptors (Lipinski definition) is 3. The van der Waals surface area contributed by atoms with Crippen molar-refractivity contribution >= 4 is 5.91 Å². The summed E-state index contributed by atoms with van der Waals surface area (Å²) >= 11 is 0. The number of nitrogens with one attached hydrogen (secondary N) is 1. The smallest absolute Gasteiger partial charge is 0.241 e. The molecule has 120 valence electrons. The lowest BCUT2D eigenvalue weighted by molar-refractivity contribution is -0.128. The molecule has 2 heterocycles. The summed E-state index contributed by atoms with van der Waals surface area (Å²) in [5, 5.41) is 3.01. The molecule has 2 aliphatic heterocycles. The largest absolute Gasteiger partial charge is 0.342 e. The third-order valence-corrected chi connectivity index (χ3v) is 6.05. The van der Waals surface area contributed by atoms with Crippen LogP contribution in [-0.2, 0) is 4.79 Å². The van der Waals surface area contributed by atoms with E-state index in [1.54, 1.807) is 0 Å². The number of nitrogens with zero attached hydrogens (tertiary/aromatic N) is 2. The highest BCUT2D eigenvalue weighted by Crippen LogP contribution is 2.32. The fourth-order valence-electron chi connectivity index (χ4n) is 4.48. The van der Waals surface area contributed by atoms with Crippen molar-refractivity contribution in [2.24, 2.45) is 5.92 Å². The van der Waals surface area contributed by atoms with Crippen molar-refractivity contribution in [2.45, 2.75) is 63.3 Å². The second kappa shape index (κ2) is 6.66. The molecule has 0 aromatic rings. The van der Waals surface area contributed by atoms with Crippen LogP contribution < -0.4 is 5.32 Å². The van der Waals surface area contributed by atoms with Crippen LogP contribution in [0.2, 0.25) is 0 Å². The van der Waals surface area contributed by atoms with E-state index in [2.05, 4.69) is 22.2 Å². The van der Waals surface area contributed by atoms with E-state index in [4.69, 9.17) is 0 Å². The van der Waals surface area contributed by atoms with Gasteiger partial charge in [0.05, 0.1) is 6.67 Å². The van der Waals surface area contributed by atoms with E-state index >= 15 is 0 Å². The first-order chi connectivity index (χ1) is 10.2. The van der Waals surface area contributed by atoms with Crippen molar-refractivity contribution < 1.29 is 4.79 Å². The van der Waals surface area contributed by atoms with E-state index in [-0.39, 0.29) is 11.4 Å². The molecule has 4 heteroatoms. The zero-order chi connectivity index (χ0) is 14.7. The van der Waals surface area contributed by atoms with Gasteiger partial charge in [-0.05, 0) is 38.6 Å². The van der Waals surface area contributed by atoms with E-state index in [1.807, 2.05) is 0 Å². The van der Waals surface area contributed by atoms with Crippen molar-refractivity contribution in [1.29, 1.82) is 0 Å². The van der Waals surface area contributed by atoms with Gasteiger partial charge in [0, 0.05) is 19.6 Å². The zero-order valence-electron chi connectivity index (χ0n) is 13.6. The molecule has 2 saturated heterocycles. The molecule has 0 bridgehead atoms. The molecule has 1 amide bonds. The summed E-state index contributed by atoms with van der Waals surface area (Å²) in [5.41, 5.74) is -0.197. The number of carbonyl (C=O) groups excluding carboxylic acids is 1. The van der Waals surface area contributed by atoms with Crippen LogP contribution in [0.3, 0.4) is 0 Å². The minimum absolute atomic E-state index is 0.197. The number of carbonyl (C=O) groups is 1. The molecule has 0 unspecified atom stereocenters. The standard InChI is InChI=1S/C17H31N3O/c1-19-14-18-16(21)17(19)9-11-20(12-10-17)13-15-7-5-3-2-4-6-8-15/h15H,2-14H2,1H3,(H,18,21). The number of rotatable bonds is 2. The SMILES string of the molecule is CN1CNC(=O)C12CCN(CC1CCCCCCC1)CC2. The minimum atomic E-state index is -0.197. The highest BCUT2D eigenvalue weighted by molar-refractivity contribution is 5.88. The highest BCUT2D eigenvalue weighted by atomic mass is 16.2. The summed E-state index contributed by atoms with van der Waals surface area (Å²) in [6.07, 6.45) is 12.0. The maximum Gasteiger partial charge on any atom is 0.241 e. The van der Waals surface area contributed by atoms with Gasteiger partial charge in [0.1, 0.15) is 5.54 Å². The molecule has 1 N–H and O–H groups in total. The third kappa shape index (κ3) is 3.26. The molecule has 3 rings (SSSR count). The second-order valence-electron chi connectivity index (χ2n) is 7.41. The highest BCUT2D eigenvalue weighted by Gasteiger charge is 2.48. The Bertz CT molecular complexity index is 355. The van der Waals surface area contributed by atoms with Gasteiger partial charge >= 0.3 is 0 Å². The van der Waals surface area contributed by atoms with Crippen LogP contribution in [-0.4, -0.2) is 54.6 Å². The van der Waals surface area contributed by atoms with E-state index in [1.165, 1.54) is 51.5 Å². The predicted octanol–water partition coefficient (Wildman–Crippen LogP) is 2.20. The van der Waals surface area contributed by atoms with Crippen molar-refractivity contribution in [1.82, 2.24) is 15.1 Å². The van der Waals surface area contributed by atoms with Gasteiger partial charge in [0.15, 0.2) is 0 Å². The van der Waals surface area contributed by atoms with Crippen LogP contribution >= 0.6 is 0 Å². The van der Waals surface area contributed by atoms with Gasteiger partial charge in [0.25, 0.3) is 0 Å². The first kappa shape index (κ1) is 15.3. The molecule has 1 saturated carbocycles. The fourth-order valence-corrected chi connectivity index (χ4v) is 4.48. The van der Waals surface area contributed by atoms with E-state index < -0.39 is 0 Å². The Labute approximate surface area is 129 Å². The van der Waals surface area contributed by atoms with Crippen LogP contribution in [0.15, 0.2) is 0 Å². The van der Waals surface area contributed by atoms with Crippen molar-refractivity contribution in [2.75, 3.05) is 33.4 Å². The summed E-state index contributed by atoms with van der Waals surface area (Å²) < 4.78 is 0. The van der Waals surface area contributed by atoms with E-state index in [0.29, 0.717) is 0 Å². The molecule has 0 aromatic heterocycles. The van der Waals surface area contributed by atoms with Gasteiger partial charge in [-0.3, -0.25) is 9.69 Å². The average molecular weight is 293 g/mol. The molecule has 3 aliphatic rings. The predicted molar refractivity (Wildman–Crippen MR) is 85.0 cm³/mol. The molecule has 1 aliphatic carbocycles. The lowest BCUT2D eigenvalue weighted by atomic mass is 9.85. The van der Waals surface area contributed by atoms with Crippen LogP contribution in [0, 0.1) is 5.92 Å². The molecule has 1 spiro atoms. The molecule has 21 heavy (non-hydrogen) atoms. The Balaban J connectivity index is 1.50. The Morgan fingerprint density at radius 2 is 1.71 bits per heavy atom. The Kier molecular flexibility index (Phi) is 4.85. The first-order valence-electron chi connectivity index (χ1n) is 8.93. The second-order valence-corrected chi connectivity index (χ2v) is 7.41. The number of piperidine rings is 1. The van der Waals surface area contributed by atoms with Crippen LogP contribution in [0.25, 0.3) is 0 Å². The van der Waals surface area contributed by atoms with Gasteiger partial charge in [-0.15, -0.1) is 0 Å². The van der Waals surface area contributed by atoms with Crippen molar-refractivity contribution in [3.05, 3.63) is 0 Å². The normalized spacial score (nSPS) is 29.3. The maximum absolute atomic E-state index is 12.2. The third-order valence-electron chi connectivity index (χ3n) is 6.05. The van der Waals surface area contributed by atoms with Crippen molar-refractivity contribution in [3.63, 3.8) is 0 Å². The molecular weight excluding hydrogens is 262 g/mol. The minimum Gasteiger partial charge on any atom is -0.342 e. The number of likely N-dealkylation sites (tertiary alicyclic amines) is 1. The molecule has 0 radical (unpaired) electrons. The van der Waals surface area contributed by atoms with Gasteiger partial charge in [-0.2, -0.15) is 0 Å². The number of hydrogen-bond donors (Lipinski definition) is 1. The van der Waals surface area contributed by atoms with E-state index in [9.17, 15) is 4.79 Å². The molecular formula is C17H31N3O. The van der Waals surface area contributed by atoms with Gasteiger partial charge in [-0.25, -0.2) is 0 Å². The lowest BCUT2D eigenvalue weighted by Gasteiger charge is -2.42. The summed E-state index contributed by atoms with van der Waals surface area (Å²) in [6, 6.07) is 0. The number of amides is 1. The van der Waals surface area contributed by atoms with Gasteiger partial charge < -0.3 is 10.2 Å². The quantitative estimate of drug-likeness (QED) is 0.848. The monoisotopic (exact) mass is 293 g/mol. The average Bonchev–Trinajstić information content (AvgIpc) is 2.73. The summed E-state index contributed by atoms with van der Waals surface area (Å²) in [7, 11) is 2.09. The Morgan fingerprint density at radius 1 is 1.10 bits per heavy atom. The maximum atomic E-state index is 12.2. The van der Waals surface area contributed by atoms with Crippen LogP contribution in [0.4, 0.5) is 0 Å². The Hall–Kier alpha value is -0.610. The summed E-state index contributed by atoms with van der Waals surface area (Å²) in [5.74, 6) is 1.16. The molecule has 3 fully saturated rings. The topological polar surface area (TPSA) is 35.6 Å². The summed E-state index contributed by atoms with van der Waals surface area (Å²) in [6.45, 7) is 4.17. The fraction of sp³-hybridized carbons (Fsp3) is 0.941.